The van der Waals surface area contributed by atoms with Gasteiger partial charge in [0.05, 0.1) is 19.3 Å². The van der Waals surface area contributed by atoms with Crippen molar-refractivity contribution in [1.29, 1.82) is 0 Å². The lowest BCUT2D eigenvalue weighted by Gasteiger charge is -2.21. The number of nitrogens with zero attached hydrogens (tertiary/aromatic N) is 2. The Kier molecular flexibility index (Phi) is 32.1. The molecule has 390 valence electrons. The van der Waals surface area contributed by atoms with Crippen LogP contribution in [0.3, 0.4) is 0 Å². The molecule has 2 rings (SSSR count). The minimum Gasteiger partial charge on any atom is -0.462 e. The zero-order valence-corrected chi connectivity index (χ0v) is 42.0. The molecule has 0 spiro atoms. The summed E-state index contributed by atoms with van der Waals surface area (Å²) in [6, 6.07) is 1.24. The maximum absolute atomic E-state index is 12.8. The summed E-state index contributed by atoms with van der Waals surface area (Å²) in [5.74, 6) is -1.38. The first kappa shape index (κ1) is 61.3. The predicted octanol–water partition coefficient (Wildman–Crippen LogP) is 8.30. The molecule has 0 radical (unpaired) electrons. The average Bonchev–Trinajstić information content (AvgIpc) is 3.58. The minimum absolute atomic E-state index is 0.00418. The molecule has 8 atom stereocenters. The number of unbranched alkanes of at least 4 members (excludes halogenated alkanes) is 10. The molecule has 1 aromatic heterocycles. The Morgan fingerprint density at radius 2 is 1.35 bits per heavy atom. The van der Waals surface area contributed by atoms with Crippen molar-refractivity contribution in [2.45, 2.75) is 173 Å². The third kappa shape index (κ3) is 29.2. The van der Waals surface area contributed by atoms with E-state index in [1.165, 1.54) is 6.07 Å². The van der Waals surface area contributed by atoms with Crippen LogP contribution in [0.2, 0.25) is 0 Å². The number of carbonyl (C=O) groups is 2. The third-order valence-corrected chi connectivity index (χ3v) is 13.0. The number of nitrogens with two attached hydrogens (primary N) is 1. The Bertz CT molecular complexity index is 1950. The van der Waals surface area contributed by atoms with Crippen molar-refractivity contribution >= 4 is 33.4 Å². The maximum Gasteiger partial charge on any atom is 0.481 e. The van der Waals surface area contributed by atoms with Gasteiger partial charge >= 0.3 is 33.3 Å². The van der Waals surface area contributed by atoms with Gasteiger partial charge in [-0.2, -0.15) is 9.29 Å². The van der Waals surface area contributed by atoms with Crippen LogP contribution in [0.4, 0.5) is 5.82 Å². The van der Waals surface area contributed by atoms with E-state index in [9.17, 15) is 48.6 Å². The number of aromatic nitrogens is 2. The van der Waals surface area contributed by atoms with Gasteiger partial charge in [0.1, 0.15) is 30.7 Å². The van der Waals surface area contributed by atoms with Gasteiger partial charge in [-0.25, -0.2) is 13.9 Å². The molecule has 3 unspecified atom stereocenters. The summed E-state index contributed by atoms with van der Waals surface area (Å²) in [5.41, 5.74) is 4.57. The molecule has 0 aliphatic carbocycles. The summed E-state index contributed by atoms with van der Waals surface area (Å²) in [7, 11) is -10.9. The van der Waals surface area contributed by atoms with Crippen molar-refractivity contribution in [3.8, 4) is 0 Å². The Morgan fingerprint density at radius 1 is 0.768 bits per heavy atom. The Labute approximate surface area is 407 Å². The second kappa shape index (κ2) is 36.1. The van der Waals surface area contributed by atoms with E-state index in [4.69, 9.17) is 29.0 Å². The van der Waals surface area contributed by atoms with E-state index in [0.717, 1.165) is 101 Å². The molecule has 7 N–H and O–H groups in total. The largest absolute Gasteiger partial charge is 0.481 e. The summed E-state index contributed by atoms with van der Waals surface area (Å²) in [4.78, 5) is 61.8. The van der Waals surface area contributed by atoms with Crippen molar-refractivity contribution in [2.24, 2.45) is 0 Å². The second-order valence-corrected chi connectivity index (χ2v) is 19.4. The molecule has 1 fully saturated rings. The molecule has 0 amide bonds. The van der Waals surface area contributed by atoms with Gasteiger partial charge in [-0.15, -0.1) is 0 Å². The van der Waals surface area contributed by atoms with Gasteiger partial charge in [-0.3, -0.25) is 23.2 Å². The lowest BCUT2D eigenvalue weighted by Crippen LogP contribution is -2.36. The van der Waals surface area contributed by atoms with Gasteiger partial charge in [-0.05, 0) is 76.7 Å². The molecule has 1 aliphatic heterocycles. The van der Waals surface area contributed by atoms with Crippen LogP contribution in [-0.4, -0.2) is 96.9 Å². The fraction of sp³-hybridized carbons (Fsp3) is 0.625. The Balaban J connectivity index is 1.84. The summed E-state index contributed by atoms with van der Waals surface area (Å²) < 4.78 is 56.6. The number of esters is 2. The minimum atomic E-state index is -5.44. The number of anilines is 1. The SMILES string of the molecule is CC/C=C\C/C=C\C/C=C\CCCCCCCC(=O)OC[C@H](COP(=O)(O)OP(=O)(O)OC[C@H]1O[C@@H](n2ccc(N)nc2=O)[C@H](O)[C@@H]1O)OC(=O)CCCCCCC/C=C/C=C/C(O)C/C=C/CC. The van der Waals surface area contributed by atoms with Crippen LogP contribution in [0.5, 0.6) is 0 Å². The van der Waals surface area contributed by atoms with Crippen molar-refractivity contribution < 1.29 is 71.4 Å². The number of allylic oxidation sites excluding steroid dienone is 10. The van der Waals surface area contributed by atoms with E-state index in [2.05, 4.69) is 52.7 Å². The number of ether oxygens (including phenoxy) is 3. The van der Waals surface area contributed by atoms with Crippen LogP contribution in [0.1, 0.15) is 142 Å². The van der Waals surface area contributed by atoms with Crippen molar-refractivity contribution in [3.63, 3.8) is 0 Å². The number of hydrogen-bond donors (Lipinski definition) is 6. The lowest BCUT2D eigenvalue weighted by atomic mass is 10.1. The van der Waals surface area contributed by atoms with Crippen LogP contribution in [-0.2, 0) is 46.3 Å². The normalized spacial score (nSPS) is 20.4. The molecule has 69 heavy (non-hydrogen) atoms. The van der Waals surface area contributed by atoms with Gasteiger partial charge in [0.15, 0.2) is 12.3 Å². The molecule has 0 saturated carbocycles. The molecule has 1 saturated heterocycles. The van der Waals surface area contributed by atoms with Crippen LogP contribution >= 0.6 is 15.6 Å². The topological polar surface area (TPSA) is 286 Å². The van der Waals surface area contributed by atoms with Crippen LogP contribution in [0.15, 0.2) is 90.0 Å². The van der Waals surface area contributed by atoms with Crippen molar-refractivity contribution in [1.82, 2.24) is 9.55 Å². The second-order valence-electron chi connectivity index (χ2n) is 16.4. The van der Waals surface area contributed by atoms with E-state index in [-0.39, 0.29) is 18.7 Å². The highest BCUT2D eigenvalue weighted by molar-refractivity contribution is 7.61. The number of phosphoric acid groups is 2. The first-order chi connectivity index (χ1) is 33.1. The monoisotopic (exact) mass is 1010 g/mol. The van der Waals surface area contributed by atoms with Gasteiger partial charge in [0.25, 0.3) is 0 Å². The molecular weight excluding hydrogens is 936 g/mol. The van der Waals surface area contributed by atoms with Gasteiger partial charge in [-0.1, -0.05) is 125 Å². The van der Waals surface area contributed by atoms with Crippen LogP contribution in [0, 0.1) is 0 Å². The average molecular weight is 1010 g/mol. The number of nitrogen functional groups attached to an aromatic ring is 1. The zero-order chi connectivity index (χ0) is 50.8. The molecule has 0 aromatic carbocycles. The Morgan fingerprint density at radius 3 is 2.01 bits per heavy atom. The number of aliphatic hydroxyl groups excluding tert-OH is 3. The van der Waals surface area contributed by atoms with Crippen molar-refractivity contribution in [3.05, 3.63) is 95.7 Å². The number of rotatable bonds is 38. The smallest absolute Gasteiger partial charge is 0.462 e. The summed E-state index contributed by atoms with van der Waals surface area (Å²) in [5, 5.41) is 30.8. The van der Waals surface area contributed by atoms with E-state index >= 15 is 0 Å². The first-order valence-electron chi connectivity index (χ1n) is 24.1. The van der Waals surface area contributed by atoms with Crippen LogP contribution in [0.25, 0.3) is 0 Å². The fourth-order valence-corrected chi connectivity index (χ4v) is 8.77. The molecule has 21 heteroatoms. The predicted molar refractivity (Wildman–Crippen MR) is 262 cm³/mol. The highest BCUT2D eigenvalue weighted by Gasteiger charge is 2.46. The van der Waals surface area contributed by atoms with Crippen LogP contribution < -0.4 is 11.4 Å². The van der Waals surface area contributed by atoms with E-state index in [0.29, 0.717) is 19.3 Å². The quantitative estimate of drug-likeness (QED) is 0.0119. The van der Waals surface area contributed by atoms with Gasteiger partial charge < -0.3 is 45.1 Å². The number of aliphatic hydroxyl groups is 3. The first-order valence-corrected chi connectivity index (χ1v) is 27.0. The van der Waals surface area contributed by atoms with E-state index in [1.54, 1.807) is 6.08 Å². The lowest BCUT2D eigenvalue weighted by molar-refractivity contribution is -0.161. The Hall–Kier alpha value is -3.84. The third-order valence-electron chi connectivity index (χ3n) is 10.4. The molecular formula is C48H77N3O16P2. The number of carbonyl (C=O) groups excluding carboxylic acids is 2. The number of phosphoric ester groups is 2. The molecule has 1 aliphatic rings. The molecule has 0 bridgehead atoms. The number of hydrogen-bond acceptors (Lipinski definition) is 16. The molecule has 19 nitrogen and oxygen atoms in total. The van der Waals surface area contributed by atoms with E-state index in [1.807, 2.05) is 37.3 Å². The van der Waals surface area contributed by atoms with Gasteiger partial charge in [0, 0.05) is 19.0 Å². The maximum atomic E-state index is 12.8. The summed E-state index contributed by atoms with van der Waals surface area (Å²) >= 11 is 0. The molecule has 1 aromatic rings. The fourth-order valence-electron chi connectivity index (χ4n) is 6.66. The highest BCUT2D eigenvalue weighted by Crippen LogP contribution is 2.60. The van der Waals surface area contributed by atoms with E-state index < -0.39 is 89.8 Å². The van der Waals surface area contributed by atoms with Gasteiger partial charge in [0.2, 0.25) is 0 Å². The molecule has 2 heterocycles. The van der Waals surface area contributed by atoms with Crippen molar-refractivity contribution in [2.75, 3.05) is 25.6 Å². The zero-order valence-electron chi connectivity index (χ0n) is 40.2. The summed E-state index contributed by atoms with van der Waals surface area (Å²) in [6.45, 7) is 1.76. The summed E-state index contributed by atoms with van der Waals surface area (Å²) in [6.07, 6.45) is 31.7. The standard InChI is InChI=1S/C48H77N3O16P2/c1-3-5-7-8-9-10-11-12-13-14-15-18-21-24-28-32-43(53)62-36-40(65-44(54)33-29-25-22-19-16-17-20-23-27-31-39(52)30-26-6-4-2)37-63-68(58,59)67-69(60,61)64-38-41-45(55)46(56)47(66-41)51-35-34-42(49)50-48(51)57/h5-7,9-10,12-13,20,23,26-27,31,34-35,39-41,45-47,52,55-56H,3-4,8,11,14-19,21-22,24-25,28-30,32-33,36-38H2,1-2H3,(H,58,59)(H,60,61)(H2,49,50,57)/b7-5-,10-9-,13-12-,23-20+,26-6+,31-27+/t39?,40-,41-,45-,46-,47-/m1/s1. The highest BCUT2D eigenvalue weighted by atomic mass is 31.3.